The van der Waals surface area contributed by atoms with Crippen LogP contribution in [-0.4, -0.2) is 39.9 Å². The Kier molecular flexibility index (Phi) is 7.12. The van der Waals surface area contributed by atoms with Gasteiger partial charge >= 0.3 is 0 Å². The Morgan fingerprint density at radius 3 is 2.68 bits per heavy atom. The van der Waals surface area contributed by atoms with Crippen LogP contribution in [0, 0.1) is 0 Å². The molecule has 0 unspecified atom stereocenters. The van der Waals surface area contributed by atoms with Crippen molar-refractivity contribution in [2.45, 2.75) is 51.3 Å². The number of nitrogens with one attached hydrogen (secondary N) is 1. The van der Waals surface area contributed by atoms with E-state index in [-0.39, 0.29) is 40.8 Å². The van der Waals surface area contributed by atoms with Crippen LogP contribution in [0.4, 0.5) is 5.82 Å². The summed E-state index contributed by atoms with van der Waals surface area (Å²) in [5, 5.41) is 12.6. The van der Waals surface area contributed by atoms with Gasteiger partial charge in [-0.05, 0) is 54.4 Å². The van der Waals surface area contributed by atoms with E-state index in [4.69, 9.17) is 16.7 Å². The van der Waals surface area contributed by atoms with Crippen LogP contribution in [0.1, 0.15) is 56.7 Å². The molecule has 3 heterocycles. The molecule has 0 bridgehead atoms. The third-order valence-electron chi connectivity index (χ3n) is 5.45. The molecule has 1 aliphatic rings. The average molecular weight is 517 g/mol. The van der Waals surface area contributed by atoms with Crippen LogP contribution >= 0.6 is 34.7 Å². The zero-order chi connectivity index (χ0) is 24.6. The quantitative estimate of drug-likeness (QED) is 0.480. The molecule has 6 nitrogen and oxygen atoms in total. The second-order valence-electron chi connectivity index (χ2n) is 9.68. The van der Waals surface area contributed by atoms with E-state index in [0.717, 1.165) is 22.5 Å². The summed E-state index contributed by atoms with van der Waals surface area (Å²) in [4.78, 5) is 27.9. The number of thiophene rings is 1. The van der Waals surface area contributed by atoms with Crippen LogP contribution in [0.3, 0.4) is 0 Å². The van der Waals surface area contributed by atoms with Crippen molar-refractivity contribution in [1.29, 1.82) is 0 Å². The van der Waals surface area contributed by atoms with E-state index in [1.54, 1.807) is 38.7 Å². The van der Waals surface area contributed by atoms with Crippen molar-refractivity contribution in [2.24, 2.45) is 0 Å². The second-order valence-corrected chi connectivity index (χ2v) is 12.0. The zero-order valence-electron chi connectivity index (χ0n) is 20.0. The fraction of sp³-hybridized carbons (Fsp3) is 0.400. The highest BCUT2D eigenvalue weighted by molar-refractivity contribution is 8.00. The van der Waals surface area contributed by atoms with Gasteiger partial charge in [-0.1, -0.05) is 38.4 Å². The summed E-state index contributed by atoms with van der Waals surface area (Å²) >= 11 is 9.55. The highest BCUT2D eigenvalue weighted by Crippen LogP contribution is 2.48. The Hall–Kier alpha value is -2.29. The number of hydrogen-bond donors (Lipinski definition) is 1. The number of aromatic nitrogens is 2. The van der Waals surface area contributed by atoms with Crippen molar-refractivity contribution in [3.8, 4) is 5.69 Å². The maximum Gasteiger partial charge on any atom is 0.240 e. The van der Waals surface area contributed by atoms with Gasteiger partial charge in [0, 0.05) is 22.0 Å². The van der Waals surface area contributed by atoms with Crippen molar-refractivity contribution < 1.29 is 9.59 Å². The molecular formula is C25H29ClN4O2S2. The Labute approximate surface area is 213 Å². The predicted octanol–water partition coefficient (Wildman–Crippen LogP) is 5.58. The zero-order valence-corrected chi connectivity index (χ0v) is 22.4. The normalized spacial score (nSPS) is 16.5. The van der Waals surface area contributed by atoms with Crippen molar-refractivity contribution in [1.82, 2.24) is 15.1 Å². The molecule has 0 saturated heterocycles. The van der Waals surface area contributed by atoms with E-state index in [2.05, 4.69) is 37.5 Å². The number of fused-ring (bicyclic) bond motifs is 1. The van der Waals surface area contributed by atoms with Crippen LogP contribution in [0.15, 0.2) is 41.1 Å². The number of anilines is 1. The lowest BCUT2D eigenvalue weighted by Gasteiger charge is -2.24. The number of carbonyl (C=O) groups is 2. The number of carbonyl (C=O) groups excluding carboxylic acids is 2. The monoisotopic (exact) mass is 516 g/mol. The highest BCUT2D eigenvalue weighted by Gasteiger charge is 2.40. The van der Waals surface area contributed by atoms with E-state index in [1.165, 1.54) is 0 Å². The molecule has 0 spiro atoms. The smallest absolute Gasteiger partial charge is 0.240 e. The van der Waals surface area contributed by atoms with Crippen LogP contribution in [0.25, 0.3) is 5.69 Å². The maximum absolute atomic E-state index is 13.5. The molecule has 3 aromatic rings. The summed E-state index contributed by atoms with van der Waals surface area (Å²) in [5.74, 6) is 0.580. The van der Waals surface area contributed by atoms with Crippen LogP contribution in [-0.2, 0) is 15.0 Å². The molecule has 1 aliphatic heterocycles. The van der Waals surface area contributed by atoms with Gasteiger partial charge in [0.25, 0.3) is 0 Å². The van der Waals surface area contributed by atoms with E-state index >= 15 is 0 Å². The Morgan fingerprint density at radius 1 is 1.29 bits per heavy atom. The standard InChI is InChI=1S/C25H29ClN4O2S2/c1-15(2)27-19(31)12-29-20(32)14-34-22(16-9-10-33-13-16)21-23(25(3,4)5)28-30(24(21)29)18-8-6-7-17(26)11-18/h6-11,13,15,22H,12,14H2,1-5H3,(H,27,31)/t22-/m1/s1. The summed E-state index contributed by atoms with van der Waals surface area (Å²) in [5.41, 5.74) is 3.46. The minimum Gasteiger partial charge on any atom is -0.352 e. The number of nitrogens with zero attached hydrogens (tertiary/aromatic N) is 3. The third kappa shape index (κ3) is 5.04. The van der Waals surface area contributed by atoms with E-state index in [1.807, 2.05) is 37.4 Å². The fourth-order valence-corrected chi connectivity index (χ4v) is 6.20. The minimum absolute atomic E-state index is 0.0232. The minimum atomic E-state index is -0.290. The number of hydrogen-bond acceptors (Lipinski definition) is 5. The van der Waals surface area contributed by atoms with Gasteiger partial charge in [0.05, 0.1) is 22.4 Å². The molecule has 0 aliphatic carbocycles. The van der Waals surface area contributed by atoms with Gasteiger partial charge in [-0.2, -0.15) is 16.4 Å². The summed E-state index contributed by atoms with van der Waals surface area (Å²) in [6.45, 7) is 10.1. The SMILES string of the molecule is CC(C)NC(=O)CN1C(=O)CS[C@H](c2ccsc2)c2c(C(C)(C)C)nn(-c3cccc(Cl)c3)c21. The summed E-state index contributed by atoms with van der Waals surface area (Å²) in [6, 6.07) is 9.49. The number of benzene rings is 1. The Morgan fingerprint density at radius 2 is 2.06 bits per heavy atom. The molecule has 2 aromatic heterocycles. The topological polar surface area (TPSA) is 67.2 Å². The molecule has 180 valence electrons. The summed E-state index contributed by atoms with van der Waals surface area (Å²) in [6.07, 6.45) is 0. The van der Waals surface area contributed by atoms with Crippen molar-refractivity contribution in [3.05, 3.63) is 62.9 Å². The molecule has 1 atom stereocenters. The number of thioether (sulfide) groups is 1. The Bertz CT molecular complexity index is 1200. The molecule has 4 rings (SSSR count). The van der Waals surface area contributed by atoms with Crippen molar-refractivity contribution in [3.63, 3.8) is 0 Å². The molecule has 0 fully saturated rings. The van der Waals surface area contributed by atoms with Gasteiger partial charge in [-0.15, -0.1) is 11.8 Å². The van der Waals surface area contributed by atoms with Crippen molar-refractivity contribution in [2.75, 3.05) is 17.2 Å². The fourth-order valence-electron chi connectivity index (χ4n) is 4.06. The van der Waals surface area contributed by atoms with Gasteiger partial charge < -0.3 is 5.32 Å². The molecule has 1 aromatic carbocycles. The largest absolute Gasteiger partial charge is 0.352 e. The summed E-state index contributed by atoms with van der Waals surface area (Å²) in [7, 11) is 0. The number of amides is 2. The second kappa shape index (κ2) is 9.76. The first-order chi connectivity index (χ1) is 16.1. The van der Waals surface area contributed by atoms with Gasteiger partial charge in [0.2, 0.25) is 11.8 Å². The molecule has 2 amide bonds. The van der Waals surface area contributed by atoms with Gasteiger partial charge in [0.15, 0.2) is 0 Å². The first-order valence-electron chi connectivity index (χ1n) is 11.2. The molecule has 34 heavy (non-hydrogen) atoms. The van der Waals surface area contributed by atoms with Crippen LogP contribution in [0.5, 0.6) is 0 Å². The maximum atomic E-state index is 13.5. The lowest BCUT2D eigenvalue weighted by molar-refractivity contribution is -0.123. The number of halogens is 1. The van der Waals surface area contributed by atoms with E-state index < -0.39 is 0 Å². The lowest BCUT2D eigenvalue weighted by Crippen LogP contribution is -2.44. The lowest BCUT2D eigenvalue weighted by atomic mass is 9.87. The Balaban J connectivity index is 2.00. The van der Waals surface area contributed by atoms with E-state index in [9.17, 15) is 9.59 Å². The molecular weight excluding hydrogens is 488 g/mol. The first-order valence-corrected chi connectivity index (χ1v) is 13.6. The van der Waals surface area contributed by atoms with Crippen LogP contribution in [0.2, 0.25) is 5.02 Å². The van der Waals surface area contributed by atoms with E-state index in [0.29, 0.717) is 10.8 Å². The predicted molar refractivity (Wildman–Crippen MR) is 142 cm³/mol. The average Bonchev–Trinajstić information content (AvgIpc) is 3.38. The molecule has 0 saturated carbocycles. The third-order valence-corrected chi connectivity index (χ3v) is 7.64. The molecule has 0 radical (unpaired) electrons. The highest BCUT2D eigenvalue weighted by atomic mass is 35.5. The summed E-state index contributed by atoms with van der Waals surface area (Å²) < 4.78 is 1.79. The molecule has 1 N–H and O–H groups in total. The number of rotatable bonds is 5. The van der Waals surface area contributed by atoms with Crippen LogP contribution < -0.4 is 10.2 Å². The first kappa shape index (κ1) is 24.8. The van der Waals surface area contributed by atoms with Gasteiger partial charge in [-0.25, -0.2) is 4.68 Å². The van der Waals surface area contributed by atoms with Gasteiger partial charge in [-0.3, -0.25) is 14.5 Å². The van der Waals surface area contributed by atoms with Crippen molar-refractivity contribution >= 4 is 52.3 Å². The van der Waals surface area contributed by atoms with Gasteiger partial charge in [0.1, 0.15) is 12.4 Å². The molecule has 9 heteroatoms.